The quantitative estimate of drug-likeness (QED) is 0.274. The van der Waals surface area contributed by atoms with Gasteiger partial charge < -0.3 is 25.2 Å². The van der Waals surface area contributed by atoms with Gasteiger partial charge in [0.1, 0.15) is 5.92 Å². The van der Waals surface area contributed by atoms with Gasteiger partial charge in [0.05, 0.1) is 36.6 Å². The molecule has 0 bridgehead atoms. The molecule has 10 nitrogen and oxygen atoms in total. The Morgan fingerprint density at radius 2 is 1.91 bits per heavy atom. The van der Waals surface area contributed by atoms with Crippen LogP contribution in [0.3, 0.4) is 0 Å². The van der Waals surface area contributed by atoms with Crippen LogP contribution in [0.15, 0.2) is 47.7 Å². The summed E-state index contributed by atoms with van der Waals surface area (Å²) in [5.41, 5.74) is 2.06. The number of aromatic hydroxyl groups is 1. The number of ketones is 1. The number of phenols is 1. The number of fused-ring (bicyclic) bond motifs is 1. The van der Waals surface area contributed by atoms with E-state index in [4.69, 9.17) is 9.47 Å². The monoisotopic (exact) mass is 453 g/mol. The molecular weight excluding hydrogens is 430 g/mol. The maximum Gasteiger partial charge on any atom is 0.316 e. The maximum absolute atomic E-state index is 13.6. The third-order valence-corrected chi connectivity index (χ3v) is 6.05. The largest absolute Gasteiger partial charge is 0.500 e. The van der Waals surface area contributed by atoms with Crippen molar-refractivity contribution in [2.24, 2.45) is 11.8 Å². The van der Waals surface area contributed by atoms with Crippen LogP contribution in [0.1, 0.15) is 24.9 Å². The number of phenolic OH excluding ortho intramolecular Hbond substituents is 1. The van der Waals surface area contributed by atoms with Crippen LogP contribution in [0.25, 0.3) is 0 Å². The van der Waals surface area contributed by atoms with E-state index in [0.717, 1.165) is 5.69 Å². The van der Waals surface area contributed by atoms with Gasteiger partial charge in [-0.05, 0) is 36.1 Å². The van der Waals surface area contributed by atoms with Crippen molar-refractivity contribution >= 4 is 28.8 Å². The van der Waals surface area contributed by atoms with Gasteiger partial charge in [-0.15, -0.1) is 0 Å². The van der Waals surface area contributed by atoms with Gasteiger partial charge in [-0.25, -0.2) is 0 Å². The number of hydrogen-bond acceptors (Lipinski definition) is 9. The van der Waals surface area contributed by atoms with Crippen LogP contribution in [0.2, 0.25) is 0 Å². The molecule has 0 saturated heterocycles. The van der Waals surface area contributed by atoms with Crippen molar-refractivity contribution < 1.29 is 29.1 Å². The number of rotatable bonds is 4. The summed E-state index contributed by atoms with van der Waals surface area (Å²) in [6.07, 6.45) is 0.394. The number of nitro benzene ring substituents is 1. The van der Waals surface area contributed by atoms with Crippen molar-refractivity contribution in [2.45, 2.75) is 19.4 Å². The molecule has 2 aromatic rings. The molecule has 0 radical (unpaired) electrons. The number of anilines is 2. The van der Waals surface area contributed by atoms with E-state index in [1.165, 1.54) is 26.4 Å². The number of nitro groups is 1. The maximum atomic E-state index is 13.6. The van der Waals surface area contributed by atoms with E-state index >= 15 is 0 Å². The Hall–Kier alpha value is -4.08. The molecule has 4 rings (SSSR count). The number of para-hydroxylation sites is 2. The van der Waals surface area contributed by atoms with Crippen LogP contribution in [-0.2, 0) is 14.3 Å². The molecule has 1 aliphatic heterocycles. The van der Waals surface area contributed by atoms with Gasteiger partial charge in [0.15, 0.2) is 11.5 Å². The molecule has 3 unspecified atom stereocenters. The second kappa shape index (κ2) is 8.45. The summed E-state index contributed by atoms with van der Waals surface area (Å²) in [6, 6.07) is 9.10. The minimum atomic E-state index is -1.00. The molecule has 0 saturated carbocycles. The number of carbonyl (C=O) groups is 2. The van der Waals surface area contributed by atoms with Gasteiger partial charge >= 0.3 is 11.7 Å². The summed E-state index contributed by atoms with van der Waals surface area (Å²) in [5.74, 6) is -3.09. The highest BCUT2D eigenvalue weighted by Crippen LogP contribution is 2.46. The van der Waals surface area contributed by atoms with Crippen molar-refractivity contribution in [2.75, 3.05) is 24.9 Å². The number of esters is 1. The molecule has 1 aliphatic carbocycles. The molecule has 3 N–H and O–H groups in total. The second-order valence-corrected chi connectivity index (χ2v) is 8.03. The zero-order chi connectivity index (χ0) is 23.9. The Bertz CT molecular complexity index is 1190. The van der Waals surface area contributed by atoms with Gasteiger partial charge in [0.2, 0.25) is 5.75 Å². The topological polar surface area (TPSA) is 140 Å². The summed E-state index contributed by atoms with van der Waals surface area (Å²) in [4.78, 5) is 37.0. The molecule has 0 amide bonds. The summed E-state index contributed by atoms with van der Waals surface area (Å²) in [7, 11) is 2.52. The fraction of sp³-hybridized carbons (Fsp3) is 0.304. The number of carbonyl (C=O) groups excluding carboxylic acids is 2. The number of ether oxygens (including phenoxy) is 2. The SMILES string of the molecule is COC(=O)C1C(=O)C2=C(CC1C)Nc1ccccc1NC2c1cc(OC)c(O)c([N+](=O)[O-])c1. The molecule has 0 spiro atoms. The minimum Gasteiger partial charge on any atom is -0.500 e. The van der Waals surface area contributed by atoms with E-state index < -0.39 is 40.1 Å². The van der Waals surface area contributed by atoms with Crippen molar-refractivity contribution in [1.82, 2.24) is 0 Å². The lowest BCUT2D eigenvalue weighted by atomic mass is 9.74. The molecule has 2 aromatic carbocycles. The number of methoxy groups -OCH3 is 2. The van der Waals surface area contributed by atoms with Crippen LogP contribution in [-0.4, -0.2) is 36.0 Å². The Balaban J connectivity index is 1.94. The first-order valence-corrected chi connectivity index (χ1v) is 10.3. The summed E-state index contributed by atoms with van der Waals surface area (Å²) in [6.45, 7) is 1.80. The van der Waals surface area contributed by atoms with E-state index in [9.17, 15) is 24.8 Å². The number of hydrogen-bond donors (Lipinski definition) is 3. The van der Waals surface area contributed by atoms with Crippen LogP contribution in [0.5, 0.6) is 11.5 Å². The summed E-state index contributed by atoms with van der Waals surface area (Å²) >= 11 is 0. The van der Waals surface area contributed by atoms with Gasteiger partial charge in [0, 0.05) is 17.3 Å². The summed E-state index contributed by atoms with van der Waals surface area (Å²) < 4.78 is 10.0. The number of Topliss-reactive ketones (excluding diaryl/α,β-unsaturated/α-hetero) is 1. The number of allylic oxidation sites excluding steroid dienone is 1. The number of nitrogens with one attached hydrogen (secondary N) is 2. The van der Waals surface area contributed by atoms with Crippen LogP contribution in [0.4, 0.5) is 17.1 Å². The first kappa shape index (κ1) is 22.1. The van der Waals surface area contributed by atoms with E-state index in [2.05, 4.69) is 10.6 Å². The van der Waals surface area contributed by atoms with Crippen molar-refractivity contribution in [3.8, 4) is 11.5 Å². The zero-order valence-electron chi connectivity index (χ0n) is 18.2. The average Bonchev–Trinajstić information content (AvgIpc) is 2.95. The molecule has 3 atom stereocenters. The van der Waals surface area contributed by atoms with E-state index in [1.54, 1.807) is 6.92 Å². The van der Waals surface area contributed by atoms with E-state index in [-0.39, 0.29) is 17.2 Å². The third-order valence-electron chi connectivity index (χ3n) is 6.05. The Labute approximate surface area is 189 Å². The first-order valence-electron chi connectivity index (χ1n) is 10.3. The highest BCUT2D eigenvalue weighted by Gasteiger charge is 2.44. The molecule has 2 aliphatic rings. The minimum absolute atomic E-state index is 0.102. The first-order chi connectivity index (χ1) is 15.8. The highest BCUT2D eigenvalue weighted by atomic mass is 16.6. The smallest absolute Gasteiger partial charge is 0.316 e. The Morgan fingerprint density at radius 1 is 1.21 bits per heavy atom. The Morgan fingerprint density at radius 3 is 2.55 bits per heavy atom. The van der Waals surface area contributed by atoms with E-state index in [0.29, 0.717) is 23.4 Å². The van der Waals surface area contributed by atoms with Crippen LogP contribution >= 0.6 is 0 Å². The molecule has 1 heterocycles. The van der Waals surface area contributed by atoms with Crippen molar-refractivity contribution in [3.63, 3.8) is 0 Å². The normalized spacial score (nSPS) is 21.7. The molecule has 33 heavy (non-hydrogen) atoms. The zero-order valence-corrected chi connectivity index (χ0v) is 18.2. The lowest BCUT2D eigenvalue weighted by molar-refractivity contribution is -0.386. The van der Waals surface area contributed by atoms with Crippen LogP contribution < -0.4 is 15.4 Å². The predicted octanol–water partition coefficient (Wildman–Crippen LogP) is 3.54. The second-order valence-electron chi connectivity index (χ2n) is 8.03. The van der Waals surface area contributed by atoms with Crippen molar-refractivity contribution in [1.29, 1.82) is 0 Å². The standard InChI is InChI=1S/C23H23N3O7/c1-11-8-15-19(22(28)18(11)23(29)33-3)20(25-14-7-5-4-6-13(14)24-15)12-9-16(26(30)31)21(27)17(10-12)32-2/h4-7,9-11,18,20,24-25,27H,8H2,1-3H3. The van der Waals surface area contributed by atoms with Gasteiger partial charge in [-0.2, -0.15) is 0 Å². The number of benzene rings is 2. The fourth-order valence-corrected chi connectivity index (χ4v) is 4.46. The van der Waals surface area contributed by atoms with E-state index in [1.807, 2.05) is 24.3 Å². The average molecular weight is 453 g/mol. The lowest BCUT2D eigenvalue weighted by Gasteiger charge is -2.32. The molecular formula is C23H23N3O7. The molecule has 0 aromatic heterocycles. The number of nitrogens with zero attached hydrogens (tertiary/aromatic N) is 1. The highest BCUT2D eigenvalue weighted by molar-refractivity contribution is 6.11. The van der Waals surface area contributed by atoms with Crippen LogP contribution in [0, 0.1) is 22.0 Å². The molecule has 172 valence electrons. The lowest BCUT2D eigenvalue weighted by Crippen LogP contribution is -2.39. The van der Waals surface area contributed by atoms with Gasteiger partial charge in [-0.3, -0.25) is 19.7 Å². The van der Waals surface area contributed by atoms with Gasteiger partial charge in [-0.1, -0.05) is 19.1 Å². The summed E-state index contributed by atoms with van der Waals surface area (Å²) in [5, 5.41) is 28.4. The predicted molar refractivity (Wildman–Crippen MR) is 119 cm³/mol. The van der Waals surface area contributed by atoms with Crippen molar-refractivity contribution in [3.05, 3.63) is 63.3 Å². The third kappa shape index (κ3) is 3.73. The Kier molecular flexibility index (Phi) is 5.67. The fourth-order valence-electron chi connectivity index (χ4n) is 4.46. The van der Waals surface area contributed by atoms with Gasteiger partial charge in [0.25, 0.3) is 0 Å². The molecule has 0 fully saturated rings. The molecule has 10 heteroatoms.